The van der Waals surface area contributed by atoms with Crippen molar-refractivity contribution in [3.05, 3.63) is 58.6 Å². The minimum absolute atomic E-state index is 0.0149. The molecule has 0 fully saturated rings. The second-order valence-electron chi connectivity index (χ2n) is 4.66. The standard InChI is InChI=1S/C15H10ClF3N2O3/c16-11-5-4-8(13(22)23)6-12(11)21-14(24)20-10-3-1-2-9(7-10)15(17,18)19/h1-7H,(H,22,23)(H2,20,21,24). The molecule has 0 atom stereocenters. The van der Waals surface area contributed by atoms with Crippen LogP contribution in [-0.4, -0.2) is 17.1 Å². The molecule has 2 rings (SSSR count). The summed E-state index contributed by atoms with van der Waals surface area (Å²) in [5.74, 6) is -1.21. The van der Waals surface area contributed by atoms with Crippen LogP contribution >= 0.6 is 11.6 Å². The summed E-state index contributed by atoms with van der Waals surface area (Å²) in [5.41, 5.74) is -1.08. The molecule has 5 nitrogen and oxygen atoms in total. The maximum absolute atomic E-state index is 12.6. The molecule has 3 N–H and O–H groups in total. The van der Waals surface area contributed by atoms with Crippen LogP contribution in [0, 0.1) is 0 Å². The number of alkyl halides is 3. The number of halogens is 4. The molecule has 2 amide bonds. The summed E-state index contributed by atoms with van der Waals surface area (Å²) in [6.45, 7) is 0. The number of benzene rings is 2. The van der Waals surface area contributed by atoms with Crippen molar-refractivity contribution in [1.29, 1.82) is 0 Å². The highest BCUT2D eigenvalue weighted by molar-refractivity contribution is 6.34. The van der Waals surface area contributed by atoms with Gasteiger partial charge in [0.25, 0.3) is 0 Å². The lowest BCUT2D eigenvalue weighted by Crippen LogP contribution is -2.20. The van der Waals surface area contributed by atoms with Gasteiger partial charge in [-0.15, -0.1) is 0 Å². The van der Waals surface area contributed by atoms with Gasteiger partial charge in [0.2, 0.25) is 0 Å². The van der Waals surface area contributed by atoms with Crippen LogP contribution in [-0.2, 0) is 6.18 Å². The first-order chi connectivity index (χ1) is 11.2. The molecule has 9 heteroatoms. The average Bonchev–Trinajstić information content (AvgIpc) is 2.48. The van der Waals surface area contributed by atoms with Crippen LogP contribution in [0.3, 0.4) is 0 Å². The van der Waals surface area contributed by atoms with Crippen molar-refractivity contribution in [1.82, 2.24) is 0 Å². The first-order valence-electron chi connectivity index (χ1n) is 6.45. The predicted molar refractivity (Wildman–Crippen MR) is 82.5 cm³/mol. The van der Waals surface area contributed by atoms with E-state index in [0.29, 0.717) is 0 Å². The number of urea groups is 1. The van der Waals surface area contributed by atoms with Gasteiger partial charge >= 0.3 is 18.2 Å². The molecule has 0 saturated heterocycles. The summed E-state index contributed by atoms with van der Waals surface area (Å²) in [6, 6.07) is 6.88. The number of carbonyl (C=O) groups excluding carboxylic acids is 1. The van der Waals surface area contributed by atoms with Crippen molar-refractivity contribution >= 4 is 35.0 Å². The molecule has 2 aromatic rings. The number of hydrogen-bond donors (Lipinski definition) is 3. The molecule has 0 aromatic heterocycles. The minimum atomic E-state index is -4.53. The van der Waals surface area contributed by atoms with Crippen molar-refractivity contribution in [2.75, 3.05) is 10.6 Å². The maximum Gasteiger partial charge on any atom is 0.416 e. The van der Waals surface area contributed by atoms with Crippen molar-refractivity contribution in [3.8, 4) is 0 Å². The molecule has 126 valence electrons. The first-order valence-corrected chi connectivity index (χ1v) is 6.83. The quantitative estimate of drug-likeness (QED) is 0.744. The van der Waals surface area contributed by atoms with E-state index in [4.69, 9.17) is 16.7 Å². The Hall–Kier alpha value is -2.74. The van der Waals surface area contributed by atoms with Crippen LogP contribution in [0.4, 0.5) is 29.3 Å². The molecule has 0 unspecified atom stereocenters. The number of aromatic carboxylic acids is 1. The number of amides is 2. The second kappa shape index (κ2) is 6.79. The fourth-order valence-electron chi connectivity index (χ4n) is 1.81. The van der Waals surface area contributed by atoms with E-state index in [-0.39, 0.29) is 22.0 Å². The molecule has 2 aromatic carbocycles. The Kier molecular flexibility index (Phi) is 4.99. The monoisotopic (exact) mass is 358 g/mol. The number of carbonyl (C=O) groups is 2. The van der Waals surface area contributed by atoms with Gasteiger partial charge in [-0.3, -0.25) is 0 Å². The van der Waals surface area contributed by atoms with E-state index in [9.17, 15) is 22.8 Å². The van der Waals surface area contributed by atoms with Gasteiger partial charge in [-0.2, -0.15) is 13.2 Å². The summed E-state index contributed by atoms with van der Waals surface area (Å²) in [7, 11) is 0. The topological polar surface area (TPSA) is 78.4 Å². The average molecular weight is 359 g/mol. The summed E-state index contributed by atoms with van der Waals surface area (Å²) < 4.78 is 37.9. The van der Waals surface area contributed by atoms with Crippen LogP contribution in [0.2, 0.25) is 5.02 Å². The Balaban J connectivity index is 2.14. The Morgan fingerprint density at radius 2 is 1.75 bits per heavy atom. The molecule has 24 heavy (non-hydrogen) atoms. The third-order valence-electron chi connectivity index (χ3n) is 2.91. The predicted octanol–water partition coefficient (Wildman–Crippen LogP) is 4.70. The summed E-state index contributed by atoms with van der Waals surface area (Å²) in [6.07, 6.45) is -4.53. The normalized spacial score (nSPS) is 11.0. The lowest BCUT2D eigenvalue weighted by atomic mass is 10.2. The number of carboxylic acid groups (broad SMARTS) is 1. The third kappa shape index (κ3) is 4.39. The zero-order chi connectivity index (χ0) is 17.9. The number of carboxylic acids is 1. The largest absolute Gasteiger partial charge is 0.478 e. The number of hydrogen-bond acceptors (Lipinski definition) is 2. The molecule has 0 radical (unpaired) electrons. The van der Waals surface area contributed by atoms with E-state index in [1.807, 2.05) is 0 Å². The molecule has 0 heterocycles. The highest BCUT2D eigenvalue weighted by Gasteiger charge is 2.30. The Bertz CT molecular complexity index is 794. The van der Waals surface area contributed by atoms with Gasteiger partial charge in [-0.1, -0.05) is 17.7 Å². The Morgan fingerprint density at radius 3 is 2.38 bits per heavy atom. The van der Waals surface area contributed by atoms with Crippen LogP contribution < -0.4 is 10.6 Å². The minimum Gasteiger partial charge on any atom is -0.478 e. The van der Waals surface area contributed by atoms with E-state index in [1.54, 1.807) is 0 Å². The van der Waals surface area contributed by atoms with Gasteiger partial charge in [-0.05, 0) is 36.4 Å². The van der Waals surface area contributed by atoms with Crippen molar-refractivity contribution in [2.24, 2.45) is 0 Å². The lowest BCUT2D eigenvalue weighted by molar-refractivity contribution is -0.137. The van der Waals surface area contributed by atoms with Gasteiger partial charge in [-0.25, -0.2) is 9.59 Å². The van der Waals surface area contributed by atoms with E-state index < -0.39 is 23.7 Å². The molecule has 0 aliphatic heterocycles. The van der Waals surface area contributed by atoms with E-state index in [1.165, 1.54) is 18.2 Å². The second-order valence-corrected chi connectivity index (χ2v) is 5.06. The number of nitrogens with one attached hydrogen (secondary N) is 2. The summed E-state index contributed by atoms with van der Waals surface area (Å²) in [5, 5.41) is 13.5. The van der Waals surface area contributed by atoms with E-state index in [2.05, 4.69) is 10.6 Å². The Labute approximate surface area is 139 Å². The lowest BCUT2D eigenvalue weighted by Gasteiger charge is -2.12. The summed E-state index contributed by atoms with van der Waals surface area (Å²) in [4.78, 5) is 22.8. The summed E-state index contributed by atoms with van der Waals surface area (Å²) >= 11 is 5.85. The Morgan fingerprint density at radius 1 is 1.04 bits per heavy atom. The van der Waals surface area contributed by atoms with Crippen LogP contribution in [0.15, 0.2) is 42.5 Å². The highest BCUT2D eigenvalue weighted by Crippen LogP contribution is 2.30. The van der Waals surface area contributed by atoms with Gasteiger partial charge < -0.3 is 15.7 Å². The zero-order valence-corrected chi connectivity index (χ0v) is 12.6. The van der Waals surface area contributed by atoms with E-state index >= 15 is 0 Å². The van der Waals surface area contributed by atoms with Crippen molar-refractivity contribution in [3.63, 3.8) is 0 Å². The zero-order valence-electron chi connectivity index (χ0n) is 11.8. The number of rotatable bonds is 3. The van der Waals surface area contributed by atoms with Gasteiger partial charge in [0.05, 0.1) is 21.8 Å². The third-order valence-corrected chi connectivity index (χ3v) is 3.24. The molecule has 0 bridgehead atoms. The van der Waals surface area contributed by atoms with Gasteiger partial charge in [0, 0.05) is 5.69 Å². The first kappa shape index (κ1) is 17.6. The fourth-order valence-corrected chi connectivity index (χ4v) is 1.98. The van der Waals surface area contributed by atoms with Gasteiger partial charge in [0.15, 0.2) is 0 Å². The molecule has 0 aliphatic rings. The van der Waals surface area contributed by atoms with E-state index in [0.717, 1.165) is 24.3 Å². The van der Waals surface area contributed by atoms with Gasteiger partial charge in [0.1, 0.15) is 0 Å². The maximum atomic E-state index is 12.6. The molecule has 0 aliphatic carbocycles. The molecule has 0 spiro atoms. The molecular formula is C15H10ClF3N2O3. The van der Waals surface area contributed by atoms with Crippen LogP contribution in [0.25, 0.3) is 0 Å². The molecule has 0 saturated carbocycles. The van der Waals surface area contributed by atoms with Crippen molar-refractivity contribution < 1.29 is 27.9 Å². The SMILES string of the molecule is O=C(Nc1cccc(C(F)(F)F)c1)Nc1cc(C(=O)O)ccc1Cl. The smallest absolute Gasteiger partial charge is 0.416 e. The van der Waals surface area contributed by atoms with Crippen LogP contribution in [0.5, 0.6) is 0 Å². The van der Waals surface area contributed by atoms with Crippen LogP contribution in [0.1, 0.15) is 15.9 Å². The highest BCUT2D eigenvalue weighted by atomic mass is 35.5. The fraction of sp³-hybridized carbons (Fsp3) is 0.0667. The molecular weight excluding hydrogens is 349 g/mol. The van der Waals surface area contributed by atoms with Crippen molar-refractivity contribution in [2.45, 2.75) is 6.18 Å². The number of anilines is 2.